The van der Waals surface area contributed by atoms with Crippen molar-refractivity contribution < 1.29 is 0 Å². The Labute approximate surface area is 70.7 Å². The van der Waals surface area contributed by atoms with E-state index in [1.54, 1.807) is 0 Å². The van der Waals surface area contributed by atoms with E-state index in [0.717, 1.165) is 6.42 Å². The standard InChI is InChI=1S/C10H21N/c1-8(9(2)11)6-7-10(3,4)5/h6,9H,7,11H2,1-5H3/b8-6+. The van der Waals surface area contributed by atoms with Gasteiger partial charge in [-0.3, -0.25) is 0 Å². The van der Waals surface area contributed by atoms with Gasteiger partial charge in [0.1, 0.15) is 0 Å². The van der Waals surface area contributed by atoms with Gasteiger partial charge < -0.3 is 5.73 Å². The van der Waals surface area contributed by atoms with E-state index in [1.807, 2.05) is 6.92 Å². The van der Waals surface area contributed by atoms with Gasteiger partial charge in [-0.05, 0) is 25.7 Å². The molecule has 0 saturated heterocycles. The lowest BCUT2D eigenvalue weighted by atomic mass is 9.91. The summed E-state index contributed by atoms with van der Waals surface area (Å²) in [6, 6.07) is 0.206. The third-order valence-electron chi connectivity index (χ3n) is 1.75. The minimum Gasteiger partial charge on any atom is -0.324 e. The summed E-state index contributed by atoms with van der Waals surface area (Å²) in [6.45, 7) is 10.8. The predicted octanol–water partition coefficient (Wildman–Crippen LogP) is 2.72. The first-order valence-electron chi connectivity index (χ1n) is 4.25. The molecule has 1 heteroatoms. The van der Waals surface area contributed by atoms with Gasteiger partial charge in [0.2, 0.25) is 0 Å². The van der Waals surface area contributed by atoms with Crippen molar-refractivity contribution in [2.45, 2.75) is 47.1 Å². The Morgan fingerprint density at radius 1 is 1.45 bits per heavy atom. The fourth-order valence-electron chi connectivity index (χ4n) is 0.653. The molecule has 11 heavy (non-hydrogen) atoms. The van der Waals surface area contributed by atoms with Gasteiger partial charge in [-0.2, -0.15) is 0 Å². The Bertz CT molecular complexity index is 137. The summed E-state index contributed by atoms with van der Waals surface area (Å²) in [6.07, 6.45) is 3.35. The maximum Gasteiger partial charge on any atom is 0.0222 e. The van der Waals surface area contributed by atoms with Crippen LogP contribution in [0.1, 0.15) is 41.0 Å². The van der Waals surface area contributed by atoms with Gasteiger partial charge in [0.15, 0.2) is 0 Å². The summed E-state index contributed by atoms with van der Waals surface area (Å²) < 4.78 is 0. The van der Waals surface area contributed by atoms with Crippen LogP contribution in [0, 0.1) is 5.41 Å². The van der Waals surface area contributed by atoms with E-state index in [4.69, 9.17) is 5.73 Å². The van der Waals surface area contributed by atoms with Crippen molar-refractivity contribution >= 4 is 0 Å². The van der Waals surface area contributed by atoms with E-state index in [-0.39, 0.29) is 6.04 Å². The van der Waals surface area contributed by atoms with Crippen LogP contribution in [-0.4, -0.2) is 6.04 Å². The number of allylic oxidation sites excluding steroid dienone is 1. The lowest BCUT2D eigenvalue weighted by Crippen LogP contribution is -2.16. The highest BCUT2D eigenvalue weighted by atomic mass is 14.6. The molecule has 1 nitrogen and oxygen atoms in total. The highest BCUT2D eigenvalue weighted by Crippen LogP contribution is 2.20. The van der Waals surface area contributed by atoms with Crippen LogP contribution in [0.25, 0.3) is 0 Å². The Balaban J connectivity index is 3.93. The highest BCUT2D eigenvalue weighted by Gasteiger charge is 2.07. The molecule has 0 heterocycles. The lowest BCUT2D eigenvalue weighted by Gasteiger charge is -2.16. The SMILES string of the molecule is C/C(=C\CC(C)(C)C)C(C)N. The van der Waals surface area contributed by atoms with E-state index < -0.39 is 0 Å². The fourth-order valence-corrected chi connectivity index (χ4v) is 0.653. The third kappa shape index (κ3) is 6.11. The van der Waals surface area contributed by atoms with Crippen LogP contribution >= 0.6 is 0 Å². The second kappa shape index (κ2) is 3.91. The Kier molecular flexibility index (Phi) is 3.81. The summed E-state index contributed by atoms with van der Waals surface area (Å²) in [5, 5.41) is 0. The third-order valence-corrected chi connectivity index (χ3v) is 1.75. The average Bonchev–Trinajstić information content (AvgIpc) is 1.80. The summed E-state index contributed by atoms with van der Waals surface area (Å²) in [4.78, 5) is 0. The molecule has 0 aliphatic carbocycles. The van der Waals surface area contributed by atoms with Crippen molar-refractivity contribution in [1.29, 1.82) is 0 Å². The first-order valence-corrected chi connectivity index (χ1v) is 4.25. The number of rotatable bonds is 2. The number of hydrogen-bond donors (Lipinski definition) is 1. The van der Waals surface area contributed by atoms with Gasteiger partial charge in [0.25, 0.3) is 0 Å². The largest absolute Gasteiger partial charge is 0.324 e. The maximum absolute atomic E-state index is 5.70. The average molecular weight is 155 g/mol. The Morgan fingerprint density at radius 3 is 2.18 bits per heavy atom. The van der Waals surface area contributed by atoms with Crippen LogP contribution in [-0.2, 0) is 0 Å². The zero-order chi connectivity index (χ0) is 9.07. The molecule has 0 aromatic carbocycles. The second-order valence-corrected chi connectivity index (χ2v) is 4.50. The molecule has 0 aromatic heterocycles. The molecule has 1 atom stereocenters. The Morgan fingerprint density at radius 2 is 1.91 bits per heavy atom. The van der Waals surface area contributed by atoms with Gasteiger partial charge in [-0.1, -0.05) is 32.4 Å². The first kappa shape index (κ1) is 10.7. The molecule has 0 amide bonds. The summed E-state index contributed by atoms with van der Waals surface area (Å²) >= 11 is 0. The Hall–Kier alpha value is -0.300. The van der Waals surface area contributed by atoms with Gasteiger partial charge >= 0.3 is 0 Å². The molecule has 0 fully saturated rings. The van der Waals surface area contributed by atoms with Crippen molar-refractivity contribution in [3.8, 4) is 0 Å². The lowest BCUT2D eigenvalue weighted by molar-refractivity contribution is 0.419. The molecule has 0 saturated carbocycles. The summed E-state index contributed by atoms with van der Waals surface area (Å²) in [5.41, 5.74) is 7.37. The van der Waals surface area contributed by atoms with Gasteiger partial charge in [0, 0.05) is 6.04 Å². The molecule has 0 rings (SSSR count). The normalized spacial score (nSPS) is 16.7. The van der Waals surface area contributed by atoms with E-state index >= 15 is 0 Å². The van der Waals surface area contributed by atoms with Crippen LogP contribution in [0.15, 0.2) is 11.6 Å². The van der Waals surface area contributed by atoms with E-state index in [2.05, 4.69) is 33.8 Å². The molecule has 0 spiro atoms. The van der Waals surface area contributed by atoms with Crippen molar-refractivity contribution in [2.75, 3.05) is 0 Å². The van der Waals surface area contributed by atoms with Crippen molar-refractivity contribution in [3.05, 3.63) is 11.6 Å². The van der Waals surface area contributed by atoms with Gasteiger partial charge in [0.05, 0.1) is 0 Å². The van der Waals surface area contributed by atoms with Gasteiger partial charge in [-0.25, -0.2) is 0 Å². The van der Waals surface area contributed by atoms with Crippen molar-refractivity contribution in [1.82, 2.24) is 0 Å². The maximum atomic E-state index is 5.70. The van der Waals surface area contributed by atoms with Crippen LogP contribution < -0.4 is 5.73 Å². The zero-order valence-electron chi connectivity index (χ0n) is 8.44. The summed E-state index contributed by atoms with van der Waals surface area (Å²) in [7, 11) is 0. The van der Waals surface area contributed by atoms with E-state index in [0.29, 0.717) is 5.41 Å². The van der Waals surface area contributed by atoms with E-state index in [1.165, 1.54) is 5.57 Å². The van der Waals surface area contributed by atoms with Crippen LogP contribution in [0.4, 0.5) is 0 Å². The predicted molar refractivity (Wildman–Crippen MR) is 51.5 cm³/mol. The first-order chi connectivity index (χ1) is 4.83. The zero-order valence-corrected chi connectivity index (χ0v) is 8.44. The molecule has 2 N–H and O–H groups in total. The quantitative estimate of drug-likeness (QED) is 0.610. The molecule has 66 valence electrons. The van der Waals surface area contributed by atoms with Crippen LogP contribution in [0.3, 0.4) is 0 Å². The molecular weight excluding hydrogens is 134 g/mol. The molecule has 0 aromatic rings. The van der Waals surface area contributed by atoms with Crippen molar-refractivity contribution in [3.63, 3.8) is 0 Å². The molecule has 0 bridgehead atoms. The molecular formula is C10H21N. The monoisotopic (exact) mass is 155 g/mol. The molecule has 0 aliphatic heterocycles. The van der Waals surface area contributed by atoms with Crippen LogP contribution in [0.5, 0.6) is 0 Å². The summed E-state index contributed by atoms with van der Waals surface area (Å²) in [5.74, 6) is 0. The number of hydrogen-bond acceptors (Lipinski definition) is 1. The second-order valence-electron chi connectivity index (χ2n) is 4.50. The number of nitrogens with two attached hydrogens (primary N) is 1. The highest BCUT2D eigenvalue weighted by molar-refractivity contribution is 5.05. The molecule has 0 radical (unpaired) electrons. The molecule has 0 aliphatic rings. The van der Waals surface area contributed by atoms with Crippen LogP contribution in [0.2, 0.25) is 0 Å². The smallest absolute Gasteiger partial charge is 0.0222 e. The fraction of sp³-hybridized carbons (Fsp3) is 0.800. The van der Waals surface area contributed by atoms with Gasteiger partial charge in [-0.15, -0.1) is 0 Å². The van der Waals surface area contributed by atoms with E-state index in [9.17, 15) is 0 Å². The van der Waals surface area contributed by atoms with Crippen molar-refractivity contribution in [2.24, 2.45) is 11.1 Å². The minimum atomic E-state index is 0.206. The topological polar surface area (TPSA) is 26.0 Å². The minimum absolute atomic E-state index is 0.206. The molecule has 1 unspecified atom stereocenters.